The first-order valence-corrected chi connectivity index (χ1v) is 9.95. The maximum atomic E-state index is 11.2. The van der Waals surface area contributed by atoms with Crippen LogP contribution in [0.4, 0.5) is 5.69 Å². The van der Waals surface area contributed by atoms with Gasteiger partial charge in [0.25, 0.3) is 10.1 Å². The van der Waals surface area contributed by atoms with Crippen LogP contribution >= 0.6 is 0 Å². The molecule has 21 heavy (non-hydrogen) atoms. The van der Waals surface area contributed by atoms with E-state index in [2.05, 4.69) is 4.72 Å². The number of nitrogens with one attached hydrogen (secondary N) is 1. The summed E-state index contributed by atoms with van der Waals surface area (Å²) in [4.78, 5) is 0. The van der Waals surface area contributed by atoms with Crippen molar-refractivity contribution in [2.75, 3.05) is 23.8 Å². The van der Waals surface area contributed by atoms with Gasteiger partial charge in [0.05, 0.1) is 18.2 Å². The fourth-order valence-electron chi connectivity index (χ4n) is 2.02. The van der Waals surface area contributed by atoms with Gasteiger partial charge in [-0.15, -0.1) is 0 Å². The Morgan fingerprint density at radius 3 is 2.62 bits per heavy atom. The van der Waals surface area contributed by atoms with Crippen LogP contribution in [0.25, 0.3) is 0 Å². The summed E-state index contributed by atoms with van der Waals surface area (Å²) in [6.45, 7) is -0.0536. The first-order valence-electron chi connectivity index (χ1n) is 6.24. The van der Waals surface area contributed by atoms with Gasteiger partial charge < -0.3 is 4.74 Å². The van der Waals surface area contributed by atoms with Gasteiger partial charge in [0.1, 0.15) is 18.5 Å². The first-order chi connectivity index (χ1) is 9.62. The molecule has 0 radical (unpaired) electrons. The van der Waals surface area contributed by atoms with E-state index < -0.39 is 20.1 Å². The molecule has 0 spiro atoms. The molecule has 1 N–H and O–H groups in total. The Hall–Kier alpha value is -1.32. The Bertz CT molecular complexity index is 726. The van der Waals surface area contributed by atoms with Crippen molar-refractivity contribution in [3.05, 3.63) is 23.8 Å². The minimum Gasteiger partial charge on any atom is -0.488 e. The number of benzene rings is 1. The molecule has 1 heterocycles. The van der Waals surface area contributed by atoms with Crippen LogP contribution in [0.15, 0.2) is 18.2 Å². The van der Waals surface area contributed by atoms with E-state index in [0.717, 1.165) is 18.1 Å². The highest BCUT2D eigenvalue weighted by molar-refractivity contribution is 7.92. The lowest BCUT2D eigenvalue weighted by molar-refractivity contribution is 0.113. The number of rotatable bonds is 5. The molecule has 0 saturated heterocycles. The third-order valence-electron chi connectivity index (χ3n) is 2.87. The van der Waals surface area contributed by atoms with Crippen molar-refractivity contribution in [1.82, 2.24) is 0 Å². The van der Waals surface area contributed by atoms with Crippen LogP contribution in [0.1, 0.15) is 12.0 Å². The van der Waals surface area contributed by atoms with Crippen LogP contribution in [0.2, 0.25) is 0 Å². The summed E-state index contributed by atoms with van der Waals surface area (Å²) >= 11 is 0. The summed E-state index contributed by atoms with van der Waals surface area (Å²) < 4.78 is 57.1. The fourth-order valence-corrected chi connectivity index (χ4v) is 2.97. The monoisotopic (exact) mass is 335 g/mol. The summed E-state index contributed by atoms with van der Waals surface area (Å²) in [6.07, 6.45) is 3.03. The summed E-state index contributed by atoms with van der Waals surface area (Å²) in [7, 11) is -6.86. The molecule has 1 aromatic rings. The van der Waals surface area contributed by atoms with E-state index in [4.69, 9.17) is 8.92 Å². The normalized spacial score (nSPS) is 18.7. The van der Waals surface area contributed by atoms with Gasteiger partial charge in [-0.1, -0.05) is 6.07 Å². The quantitative estimate of drug-likeness (QED) is 0.797. The van der Waals surface area contributed by atoms with Crippen LogP contribution in [-0.2, 0) is 30.7 Å². The predicted molar refractivity (Wildman–Crippen MR) is 78.4 cm³/mol. The van der Waals surface area contributed by atoms with Crippen LogP contribution in [0.5, 0.6) is 5.75 Å². The zero-order valence-corrected chi connectivity index (χ0v) is 13.3. The molecule has 0 fully saturated rings. The van der Waals surface area contributed by atoms with Crippen molar-refractivity contribution < 1.29 is 25.8 Å². The fraction of sp³-hybridized carbons (Fsp3) is 0.500. The standard InChI is InChI=1S/C12H17NO6S2/c1-20(14,15)13-10-5-3-9-4-6-11(19-12(9)7-10)8-18-21(2,16)17/h3,5,7,11,13H,4,6,8H2,1-2H3. The van der Waals surface area contributed by atoms with Gasteiger partial charge in [0, 0.05) is 6.07 Å². The highest BCUT2D eigenvalue weighted by atomic mass is 32.2. The van der Waals surface area contributed by atoms with E-state index >= 15 is 0 Å². The van der Waals surface area contributed by atoms with Crippen LogP contribution in [-0.4, -0.2) is 42.1 Å². The SMILES string of the molecule is CS(=O)(=O)Nc1ccc2c(c1)OC(COS(C)(=O)=O)CC2. The molecule has 0 bridgehead atoms. The number of fused-ring (bicyclic) bond motifs is 1. The van der Waals surface area contributed by atoms with E-state index in [0.29, 0.717) is 24.3 Å². The molecule has 1 unspecified atom stereocenters. The van der Waals surface area contributed by atoms with Gasteiger partial charge >= 0.3 is 0 Å². The minimum absolute atomic E-state index is 0.0536. The maximum absolute atomic E-state index is 11.2. The van der Waals surface area contributed by atoms with Gasteiger partial charge in [-0.3, -0.25) is 8.91 Å². The summed E-state index contributed by atoms with van der Waals surface area (Å²) in [5.41, 5.74) is 1.35. The average Bonchev–Trinajstić information content (AvgIpc) is 2.33. The highest BCUT2D eigenvalue weighted by Crippen LogP contribution is 2.30. The number of aryl methyl sites for hydroxylation is 1. The molecule has 0 aliphatic carbocycles. The molecule has 9 heteroatoms. The third kappa shape index (κ3) is 5.18. The van der Waals surface area contributed by atoms with E-state index in [9.17, 15) is 16.8 Å². The molecule has 7 nitrogen and oxygen atoms in total. The van der Waals surface area contributed by atoms with E-state index in [1.54, 1.807) is 18.2 Å². The van der Waals surface area contributed by atoms with Gasteiger partial charge in [-0.25, -0.2) is 8.42 Å². The minimum atomic E-state index is -3.50. The smallest absolute Gasteiger partial charge is 0.264 e. The van der Waals surface area contributed by atoms with Crippen molar-refractivity contribution in [3.63, 3.8) is 0 Å². The molecule has 1 aliphatic rings. The summed E-state index contributed by atoms with van der Waals surface area (Å²) in [6, 6.07) is 5.04. The molecule has 1 aliphatic heterocycles. The second-order valence-electron chi connectivity index (χ2n) is 4.96. The molecular formula is C12H17NO6S2. The van der Waals surface area contributed by atoms with Crippen molar-refractivity contribution in [3.8, 4) is 5.75 Å². The van der Waals surface area contributed by atoms with Crippen LogP contribution < -0.4 is 9.46 Å². The number of ether oxygens (including phenoxy) is 1. The Balaban J connectivity index is 2.10. The second kappa shape index (κ2) is 5.82. The lowest BCUT2D eigenvalue weighted by Gasteiger charge is -2.26. The molecule has 1 aromatic carbocycles. The zero-order chi connectivity index (χ0) is 15.7. The molecule has 0 saturated carbocycles. The van der Waals surface area contributed by atoms with Gasteiger partial charge in [0.15, 0.2) is 0 Å². The number of sulfonamides is 1. The van der Waals surface area contributed by atoms with Crippen molar-refractivity contribution in [2.24, 2.45) is 0 Å². The second-order valence-corrected chi connectivity index (χ2v) is 8.36. The zero-order valence-electron chi connectivity index (χ0n) is 11.7. The van der Waals surface area contributed by atoms with E-state index in [-0.39, 0.29) is 12.7 Å². The molecule has 1 atom stereocenters. The van der Waals surface area contributed by atoms with E-state index in [1.165, 1.54) is 0 Å². The van der Waals surface area contributed by atoms with Gasteiger partial charge in [-0.2, -0.15) is 8.42 Å². The number of hydrogen-bond acceptors (Lipinski definition) is 6. The molecule has 118 valence electrons. The summed E-state index contributed by atoms with van der Waals surface area (Å²) in [5, 5.41) is 0. The Kier molecular flexibility index (Phi) is 4.45. The molecule has 0 amide bonds. The van der Waals surface area contributed by atoms with E-state index in [1.807, 2.05) is 0 Å². The number of hydrogen-bond donors (Lipinski definition) is 1. The maximum Gasteiger partial charge on any atom is 0.264 e. The van der Waals surface area contributed by atoms with Gasteiger partial charge in [0.2, 0.25) is 10.0 Å². The van der Waals surface area contributed by atoms with Gasteiger partial charge in [-0.05, 0) is 24.5 Å². The largest absolute Gasteiger partial charge is 0.488 e. The summed E-state index contributed by atoms with van der Waals surface area (Å²) in [5.74, 6) is 0.539. The van der Waals surface area contributed by atoms with Crippen molar-refractivity contribution in [2.45, 2.75) is 18.9 Å². The Morgan fingerprint density at radius 1 is 1.29 bits per heavy atom. The Morgan fingerprint density at radius 2 is 2.00 bits per heavy atom. The van der Waals surface area contributed by atoms with Crippen LogP contribution in [0.3, 0.4) is 0 Å². The van der Waals surface area contributed by atoms with Crippen molar-refractivity contribution in [1.29, 1.82) is 0 Å². The first kappa shape index (κ1) is 16.1. The molecule has 2 rings (SSSR count). The predicted octanol–water partition coefficient (Wildman–Crippen LogP) is 0.728. The van der Waals surface area contributed by atoms with Crippen LogP contribution in [0, 0.1) is 0 Å². The lowest BCUT2D eigenvalue weighted by atomic mass is 10.0. The molecular weight excluding hydrogens is 318 g/mol. The van der Waals surface area contributed by atoms with Crippen molar-refractivity contribution >= 4 is 25.8 Å². The average molecular weight is 335 g/mol. The number of anilines is 1. The topological polar surface area (TPSA) is 98.8 Å². The highest BCUT2D eigenvalue weighted by Gasteiger charge is 2.22. The third-order valence-corrected chi connectivity index (χ3v) is 4.04. The molecule has 0 aromatic heterocycles. The lowest BCUT2D eigenvalue weighted by Crippen LogP contribution is -2.28. The Labute approximate surface area is 124 Å².